The number of sulfonamides is 1. The van der Waals surface area contributed by atoms with E-state index >= 15 is 0 Å². The fraction of sp³-hybridized carbons (Fsp3) is 0.419. The zero-order valence-corrected chi connectivity index (χ0v) is 31.1. The van der Waals surface area contributed by atoms with Gasteiger partial charge in [-0.05, 0) is 37.4 Å². The molecular formula is C31H36F6N6O7S3. The summed E-state index contributed by atoms with van der Waals surface area (Å²) in [5, 5.41) is 17.8. The van der Waals surface area contributed by atoms with E-state index in [4.69, 9.17) is 19.8 Å². The summed E-state index contributed by atoms with van der Waals surface area (Å²) in [4.78, 5) is 45.4. The molecule has 13 nitrogen and oxygen atoms in total. The zero-order valence-electron chi connectivity index (χ0n) is 28.6. The summed E-state index contributed by atoms with van der Waals surface area (Å²) in [6.45, 7) is 8.63. The van der Waals surface area contributed by atoms with E-state index in [-0.39, 0.29) is 11.9 Å². The number of H-pyrrole nitrogens is 1. The number of nitrogens with one attached hydrogen (secondary N) is 1. The van der Waals surface area contributed by atoms with E-state index < -0.39 is 34.3 Å². The normalized spacial score (nSPS) is 14.2. The van der Waals surface area contributed by atoms with E-state index in [0.29, 0.717) is 16.4 Å². The molecule has 1 aromatic carbocycles. The van der Waals surface area contributed by atoms with Gasteiger partial charge in [-0.25, -0.2) is 23.0 Å². The van der Waals surface area contributed by atoms with Crippen LogP contribution >= 0.6 is 22.7 Å². The molecule has 4 heterocycles. The Hall–Kier alpha value is -4.25. The van der Waals surface area contributed by atoms with Crippen molar-refractivity contribution in [1.82, 2.24) is 24.7 Å². The number of hydrogen-bond donors (Lipinski definition) is 3. The minimum Gasteiger partial charge on any atom is -0.475 e. The van der Waals surface area contributed by atoms with Crippen molar-refractivity contribution in [2.45, 2.75) is 43.0 Å². The fourth-order valence-corrected chi connectivity index (χ4v) is 8.47. The summed E-state index contributed by atoms with van der Waals surface area (Å²) >= 11 is 2.87. The molecule has 292 valence electrons. The third-order valence-electron chi connectivity index (χ3n) is 7.32. The van der Waals surface area contributed by atoms with Crippen LogP contribution in [-0.2, 0) is 31.0 Å². The summed E-state index contributed by atoms with van der Waals surface area (Å²) in [5.41, 5.74) is 2.28. The summed E-state index contributed by atoms with van der Waals surface area (Å²) in [5.74, 6) is -5.38. The lowest BCUT2D eigenvalue weighted by molar-refractivity contribution is -0.193. The van der Waals surface area contributed by atoms with Crippen LogP contribution in [0, 0.1) is 0 Å². The van der Waals surface area contributed by atoms with Crippen molar-refractivity contribution in [2.75, 3.05) is 51.1 Å². The Labute approximate surface area is 308 Å². The van der Waals surface area contributed by atoms with Crippen molar-refractivity contribution >= 4 is 67.1 Å². The number of alkyl halides is 6. The molecular weight excluding hydrogens is 779 g/mol. The Balaban J connectivity index is 0.000000458. The number of carbonyl (C=O) groups excluding carboxylic acids is 1. The number of anilines is 1. The number of para-hydroxylation sites is 1. The highest BCUT2D eigenvalue weighted by molar-refractivity contribution is 7.94. The van der Waals surface area contributed by atoms with Crippen LogP contribution in [0.3, 0.4) is 0 Å². The van der Waals surface area contributed by atoms with Gasteiger partial charge in [-0.2, -0.15) is 26.3 Å². The van der Waals surface area contributed by atoms with Crippen LogP contribution in [-0.4, -0.2) is 126 Å². The smallest absolute Gasteiger partial charge is 0.475 e. The first-order chi connectivity index (χ1) is 24.5. The zero-order chi connectivity index (χ0) is 39.9. The highest BCUT2D eigenvalue weighted by Gasteiger charge is 2.39. The number of likely N-dealkylation sites (N-methyl/N-ethyl adjacent to an activating group) is 1. The molecule has 0 unspecified atom stereocenters. The lowest BCUT2D eigenvalue weighted by Crippen LogP contribution is -2.48. The van der Waals surface area contributed by atoms with Crippen molar-refractivity contribution in [3.05, 3.63) is 52.9 Å². The van der Waals surface area contributed by atoms with Gasteiger partial charge >= 0.3 is 24.3 Å². The Morgan fingerprint density at radius 2 is 1.51 bits per heavy atom. The Morgan fingerprint density at radius 1 is 0.943 bits per heavy atom. The number of aromatic amines is 1. The van der Waals surface area contributed by atoms with E-state index in [0.717, 1.165) is 54.3 Å². The number of aliphatic carboxylic acids is 2. The first-order valence-corrected chi connectivity index (χ1v) is 18.6. The van der Waals surface area contributed by atoms with Crippen LogP contribution < -0.4 is 4.31 Å². The van der Waals surface area contributed by atoms with Gasteiger partial charge in [0, 0.05) is 69.3 Å². The molecule has 22 heteroatoms. The molecule has 0 saturated carbocycles. The number of benzene rings is 1. The highest BCUT2D eigenvalue weighted by Crippen LogP contribution is 2.36. The number of thiophene rings is 1. The summed E-state index contributed by atoms with van der Waals surface area (Å²) < 4.78 is 92.4. The number of carboxylic acids is 2. The Bertz CT molecular complexity index is 1930. The van der Waals surface area contributed by atoms with Crippen molar-refractivity contribution in [3.8, 4) is 10.7 Å². The van der Waals surface area contributed by atoms with E-state index in [9.17, 15) is 39.6 Å². The predicted molar refractivity (Wildman–Crippen MR) is 186 cm³/mol. The van der Waals surface area contributed by atoms with Gasteiger partial charge in [0.25, 0.3) is 10.0 Å². The monoisotopic (exact) mass is 814 g/mol. The molecule has 0 bridgehead atoms. The van der Waals surface area contributed by atoms with Gasteiger partial charge in [-0.3, -0.25) is 18.9 Å². The van der Waals surface area contributed by atoms with Gasteiger partial charge in [-0.15, -0.1) is 22.7 Å². The maximum atomic E-state index is 13.5. The molecule has 0 atom stereocenters. The number of thiazole rings is 1. The SMILES string of the molecule is CC(C)N(c1cccc2cc(-c3ncc(CN4CCN(CC(=O)N(C)C)CC4)s3)[nH]c12)S(=O)(=O)c1cccs1.O=C(O)C(F)(F)F.O=C(O)C(F)(F)F. The van der Waals surface area contributed by atoms with E-state index in [1.54, 1.807) is 47.8 Å². The molecule has 0 radical (unpaired) electrons. The second-order valence-electron chi connectivity index (χ2n) is 11.8. The van der Waals surface area contributed by atoms with Crippen LogP contribution in [0.4, 0.5) is 32.0 Å². The van der Waals surface area contributed by atoms with E-state index in [2.05, 4.69) is 19.8 Å². The number of halogens is 6. The average Bonchev–Trinajstić information content (AvgIpc) is 3.83. The summed E-state index contributed by atoms with van der Waals surface area (Å²) in [6, 6.07) is 10.9. The van der Waals surface area contributed by atoms with Gasteiger partial charge in [-0.1, -0.05) is 18.2 Å². The molecule has 3 aromatic heterocycles. The second kappa shape index (κ2) is 17.7. The number of carboxylic acid groups (broad SMARTS) is 2. The van der Waals surface area contributed by atoms with Gasteiger partial charge in [0.2, 0.25) is 5.91 Å². The number of carbonyl (C=O) groups is 3. The highest BCUT2D eigenvalue weighted by atomic mass is 32.2. The molecule has 1 aliphatic heterocycles. The topological polar surface area (TPSA) is 167 Å². The molecule has 4 aromatic rings. The molecule has 1 saturated heterocycles. The Kier molecular flexibility index (Phi) is 14.4. The van der Waals surface area contributed by atoms with Gasteiger partial charge in [0.15, 0.2) is 0 Å². The average molecular weight is 815 g/mol. The third kappa shape index (κ3) is 11.9. The van der Waals surface area contributed by atoms with Crippen molar-refractivity contribution in [2.24, 2.45) is 0 Å². The minimum atomic E-state index is -5.08. The molecule has 5 rings (SSSR count). The summed E-state index contributed by atoms with van der Waals surface area (Å²) in [6.07, 6.45) is -8.24. The largest absolute Gasteiger partial charge is 0.490 e. The number of fused-ring (bicyclic) bond motifs is 1. The molecule has 1 amide bonds. The number of piperazine rings is 1. The maximum absolute atomic E-state index is 13.5. The van der Waals surface area contributed by atoms with Crippen LogP contribution in [0.5, 0.6) is 0 Å². The van der Waals surface area contributed by atoms with Crippen molar-refractivity contribution in [1.29, 1.82) is 0 Å². The maximum Gasteiger partial charge on any atom is 0.490 e. The van der Waals surface area contributed by atoms with Crippen molar-refractivity contribution < 1.29 is 59.4 Å². The molecule has 1 fully saturated rings. The number of amides is 1. The fourth-order valence-electron chi connectivity index (χ4n) is 4.80. The number of hydrogen-bond acceptors (Lipinski definition) is 10. The first-order valence-electron chi connectivity index (χ1n) is 15.4. The quantitative estimate of drug-likeness (QED) is 0.186. The molecule has 3 N–H and O–H groups in total. The van der Waals surface area contributed by atoms with Crippen LogP contribution in [0.25, 0.3) is 21.6 Å². The molecule has 53 heavy (non-hydrogen) atoms. The standard InChI is InChI=1S/C27H34N6O3S3.2C2HF3O2/c1-19(2)33(39(35,36)25-9-6-14-37-25)23-8-5-7-20-15-22(29-26(20)23)27-28-16-21(38-27)17-31-10-12-32(13-11-31)18-24(34)30(3)4;2*3-2(4,5)1(6)7/h5-9,14-16,19,29H,10-13,17-18H2,1-4H3;2*(H,6,7). The lowest BCUT2D eigenvalue weighted by atomic mass is 10.2. The summed E-state index contributed by atoms with van der Waals surface area (Å²) in [7, 11) is -0.110. The van der Waals surface area contributed by atoms with Crippen LogP contribution in [0.15, 0.2) is 52.2 Å². The number of aromatic nitrogens is 2. The number of rotatable bonds is 9. The van der Waals surface area contributed by atoms with Crippen molar-refractivity contribution in [3.63, 3.8) is 0 Å². The number of nitrogens with zero attached hydrogens (tertiary/aromatic N) is 5. The Morgan fingerprint density at radius 3 is 2.00 bits per heavy atom. The molecule has 1 aliphatic rings. The minimum absolute atomic E-state index is 0.137. The first kappa shape index (κ1) is 43.2. The predicted octanol–water partition coefficient (Wildman–Crippen LogP) is 5.43. The van der Waals surface area contributed by atoms with E-state index in [1.165, 1.54) is 20.5 Å². The second-order valence-corrected chi connectivity index (χ2v) is 15.9. The lowest BCUT2D eigenvalue weighted by Gasteiger charge is -2.34. The van der Waals surface area contributed by atoms with Gasteiger partial charge in [0.1, 0.15) is 9.22 Å². The molecule has 0 spiro atoms. The van der Waals surface area contributed by atoms with Gasteiger partial charge in [0.05, 0.1) is 23.4 Å². The third-order valence-corrected chi connectivity index (χ3v) is 11.7. The molecule has 0 aliphatic carbocycles. The van der Waals surface area contributed by atoms with Crippen LogP contribution in [0.2, 0.25) is 0 Å². The van der Waals surface area contributed by atoms with E-state index in [1.807, 2.05) is 44.3 Å². The van der Waals surface area contributed by atoms with Gasteiger partial charge < -0.3 is 20.1 Å². The van der Waals surface area contributed by atoms with Crippen LogP contribution in [0.1, 0.15) is 18.7 Å².